The maximum atomic E-state index is 12.5. The maximum Gasteiger partial charge on any atom is 0.330 e. The SMILES string of the molecule is CC(=O)OC[C@@]1(C#N)O[C@](n2ccc(=O)[nH]c2=O)([SiH](C)C)C[C@@H]1OC(C)(C)C. The van der Waals surface area contributed by atoms with Gasteiger partial charge in [0.25, 0.3) is 5.56 Å². The van der Waals surface area contributed by atoms with Gasteiger partial charge in [-0.2, -0.15) is 5.26 Å². The minimum atomic E-state index is -1.83. The average molecular weight is 410 g/mol. The Labute approximate surface area is 164 Å². The lowest BCUT2D eigenvalue weighted by atomic mass is 9.98. The summed E-state index contributed by atoms with van der Waals surface area (Å²) in [6.45, 7) is 10.4. The van der Waals surface area contributed by atoms with Gasteiger partial charge in [0, 0.05) is 25.6 Å². The van der Waals surface area contributed by atoms with E-state index in [1.54, 1.807) is 0 Å². The Hall–Kier alpha value is -2.22. The van der Waals surface area contributed by atoms with Crippen LogP contribution in [-0.4, -0.2) is 48.2 Å². The summed E-state index contributed by atoms with van der Waals surface area (Å²) in [5, 5.41) is 8.86. The molecule has 0 aliphatic carbocycles. The highest BCUT2D eigenvalue weighted by atomic mass is 28.3. The van der Waals surface area contributed by atoms with Crippen LogP contribution in [0.25, 0.3) is 0 Å². The number of aromatic amines is 1. The first-order valence-corrected chi connectivity index (χ1v) is 12.0. The molecular formula is C18H27N3O6Si. The van der Waals surface area contributed by atoms with Gasteiger partial charge in [0.1, 0.15) is 24.1 Å². The molecule has 0 amide bonds. The standard InChI is InChI=1S/C18H27N3O6Si/c1-12(22)25-11-17(10-19)13(26-16(2,3)4)9-18(27-17,28(5)6)21-8-7-14(23)20-15(21)24/h7-8,13,28H,9,11H2,1-6H3,(H,20,23,24)/t13-,17+,18-/m0/s1. The van der Waals surface area contributed by atoms with E-state index in [2.05, 4.69) is 11.1 Å². The first kappa shape index (κ1) is 22.1. The van der Waals surface area contributed by atoms with Gasteiger partial charge in [0.15, 0.2) is 0 Å². The van der Waals surface area contributed by atoms with Gasteiger partial charge in [-0.25, -0.2) is 4.79 Å². The monoisotopic (exact) mass is 409 g/mol. The Balaban J connectivity index is 2.63. The number of esters is 1. The van der Waals surface area contributed by atoms with Crippen molar-refractivity contribution in [3.05, 3.63) is 33.1 Å². The van der Waals surface area contributed by atoms with Crippen LogP contribution in [0.5, 0.6) is 0 Å². The molecule has 154 valence electrons. The van der Waals surface area contributed by atoms with Crippen LogP contribution < -0.4 is 11.2 Å². The third kappa shape index (κ3) is 4.27. The zero-order valence-electron chi connectivity index (χ0n) is 17.1. The van der Waals surface area contributed by atoms with Crippen molar-refractivity contribution in [3.63, 3.8) is 0 Å². The van der Waals surface area contributed by atoms with Crippen molar-refractivity contribution in [3.8, 4) is 6.07 Å². The molecule has 2 heterocycles. The second kappa shape index (κ2) is 7.65. The average Bonchev–Trinajstić information content (AvgIpc) is 2.87. The normalized spacial score (nSPS) is 27.6. The number of aromatic nitrogens is 2. The number of ether oxygens (including phenoxy) is 3. The van der Waals surface area contributed by atoms with Crippen molar-refractivity contribution in [2.24, 2.45) is 0 Å². The molecule has 1 aliphatic heterocycles. The lowest BCUT2D eigenvalue weighted by Crippen LogP contribution is -2.53. The molecule has 1 aromatic rings. The van der Waals surface area contributed by atoms with E-state index in [1.807, 2.05) is 33.9 Å². The van der Waals surface area contributed by atoms with Crippen molar-refractivity contribution >= 4 is 14.8 Å². The summed E-state index contributed by atoms with van der Waals surface area (Å²) in [5.41, 5.74) is -3.32. The second-order valence-electron chi connectivity index (χ2n) is 8.29. The molecule has 28 heavy (non-hydrogen) atoms. The van der Waals surface area contributed by atoms with E-state index in [1.165, 1.54) is 23.8 Å². The molecule has 9 nitrogen and oxygen atoms in total. The predicted octanol–water partition coefficient (Wildman–Crippen LogP) is 0.645. The number of hydrogen-bond acceptors (Lipinski definition) is 7. The molecule has 0 saturated carbocycles. The van der Waals surface area contributed by atoms with Gasteiger partial charge in [-0.15, -0.1) is 0 Å². The zero-order chi connectivity index (χ0) is 21.3. The summed E-state index contributed by atoms with van der Waals surface area (Å²) in [7, 11) is -1.83. The summed E-state index contributed by atoms with van der Waals surface area (Å²) in [4.78, 5) is 37.7. The summed E-state index contributed by atoms with van der Waals surface area (Å²) < 4.78 is 18.9. The van der Waals surface area contributed by atoms with Crippen LogP contribution in [0.15, 0.2) is 21.9 Å². The summed E-state index contributed by atoms with van der Waals surface area (Å²) >= 11 is 0. The quantitative estimate of drug-likeness (QED) is 0.559. The molecule has 0 spiro atoms. The Kier molecular flexibility index (Phi) is 6.03. The van der Waals surface area contributed by atoms with Crippen molar-refractivity contribution < 1.29 is 19.0 Å². The van der Waals surface area contributed by atoms with Crippen LogP contribution in [0.4, 0.5) is 0 Å². The molecule has 1 saturated heterocycles. The van der Waals surface area contributed by atoms with Crippen molar-refractivity contribution in [2.75, 3.05) is 6.61 Å². The van der Waals surface area contributed by atoms with Crippen LogP contribution >= 0.6 is 0 Å². The zero-order valence-corrected chi connectivity index (χ0v) is 18.2. The minimum absolute atomic E-state index is 0.217. The van der Waals surface area contributed by atoms with E-state index in [0.717, 1.165) is 0 Å². The van der Waals surface area contributed by atoms with Crippen molar-refractivity contribution in [2.45, 2.75) is 69.9 Å². The molecular weight excluding hydrogens is 382 g/mol. The number of nitriles is 1. The highest BCUT2D eigenvalue weighted by Gasteiger charge is 2.61. The van der Waals surface area contributed by atoms with Crippen molar-refractivity contribution in [1.82, 2.24) is 9.55 Å². The molecule has 1 fully saturated rings. The molecule has 1 aliphatic rings. The van der Waals surface area contributed by atoms with E-state index in [0.29, 0.717) is 0 Å². The molecule has 1 aromatic heterocycles. The lowest BCUT2D eigenvalue weighted by molar-refractivity contribution is -0.170. The van der Waals surface area contributed by atoms with Gasteiger partial charge in [-0.1, -0.05) is 13.1 Å². The topological polar surface area (TPSA) is 123 Å². The summed E-state index contributed by atoms with van der Waals surface area (Å²) in [6.07, 6.45) is 0.849. The number of carbonyl (C=O) groups excluding carboxylic acids is 1. The highest BCUT2D eigenvalue weighted by Crippen LogP contribution is 2.45. The van der Waals surface area contributed by atoms with Crippen LogP contribution in [0.3, 0.4) is 0 Å². The van der Waals surface area contributed by atoms with Crippen LogP contribution in [0.1, 0.15) is 34.1 Å². The van der Waals surface area contributed by atoms with Gasteiger partial charge in [0.2, 0.25) is 5.60 Å². The molecule has 0 bridgehead atoms. The Bertz CT molecular complexity index is 896. The molecule has 10 heteroatoms. The lowest BCUT2D eigenvalue weighted by Gasteiger charge is -2.35. The molecule has 3 atom stereocenters. The summed E-state index contributed by atoms with van der Waals surface area (Å²) in [6, 6.07) is 3.36. The Morgan fingerprint density at radius 3 is 2.57 bits per heavy atom. The van der Waals surface area contributed by atoms with Gasteiger partial charge >= 0.3 is 11.7 Å². The van der Waals surface area contributed by atoms with Crippen molar-refractivity contribution in [1.29, 1.82) is 5.26 Å². The number of hydrogen-bond donors (Lipinski definition) is 1. The third-order valence-electron chi connectivity index (χ3n) is 4.67. The van der Waals surface area contributed by atoms with Crippen LogP contribution in [-0.2, 0) is 24.4 Å². The highest BCUT2D eigenvalue weighted by molar-refractivity contribution is 6.58. The van der Waals surface area contributed by atoms with Gasteiger partial charge < -0.3 is 14.2 Å². The number of rotatable bonds is 5. The van der Waals surface area contributed by atoms with E-state index >= 15 is 0 Å². The van der Waals surface area contributed by atoms with Gasteiger partial charge in [-0.3, -0.25) is 19.1 Å². The minimum Gasteiger partial charge on any atom is -0.462 e. The number of nitrogens with zero attached hydrogens (tertiary/aromatic N) is 2. The first-order chi connectivity index (χ1) is 12.8. The largest absolute Gasteiger partial charge is 0.462 e. The van der Waals surface area contributed by atoms with E-state index in [9.17, 15) is 19.6 Å². The van der Waals surface area contributed by atoms with Crippen LogP contribution in [0, 0.1) is 11.3 Å². The van der Waals surface area contributed by atoms with E-state index in [-0.39, 0.29) is 13.0 Å². The molecule has 1 N–H and O–H groups in total. The van der Waals surface area contributed by atoms with Gasteiger partial charge in [0.05, 0.1) is 14.4 Å². The van der Waals surface area contributed by atoms with Crippen LogP contribution in [0.2, 0.25) is 13.1 Å². The predicted molar refractivity (Wildman–Crippen MR) is 103 cm³/mol. The molecule has 2 rings (SSSR count). The maximum absolute atomic E-state index is 12.5. The fraction of sp³-hybridized carbons (Fsp3) is 0.667. The first-order valence-electron chi connectivity index (χ1n) is 9.10. The molecule has 0 aromatic carbocycles. The smallest absolute Gasteiger partial charge is 0.330 e. The molecule has 0 radical (unpaired) electrons. The fourth-order valence-electron chi connectivity index (χ4n) is 3.37. The van der Waals surface area contributed by atoms with E-state index < -0.39 is 48.7 Å². The number of H-pyrrole nitrogens is 1. The number of carbonyl (C=O) groups is 1. The second-order valence-corrected chi connectivity index (χ2v) is 11.5. The third-order valence-corrected chi connectivity index (χ3v) is 7.10. The summed E-state index contributed by atoms with van der Waals surface area (Å²) in [5.74, 6) is -0.548. The van der Waals surface area contributed by atoms with E-state index in [4.69, 9.17) is 14.2 Å². The fourth-order valence-corrected chi connectivity index (χ4v) is 5.26. The number of nitrogens with one attached hydrogen (secondary N) is 1. The molecule has 0 unspecified atom stereocenters. The Morgan fingerprint density at radius 2 is 2.11 bits per heavy atom. The Morgan fingerprint density at radius 1 is 1.46 bits per heavy atom. The van der Waals surface area contributed by atoms with Gasteiger partial charge in [-0.05, 0) is 20.8 Å².